The quantitative estimate of drug-likeness (QED) is 0.913. The second-order valence-corrected chi connectivity index (χ2v) is 7.97. The molecule has 0 radical (unpaired) electrons. The molecule has 21 heavy (non-hydrogen) atoms. The summed E-state index contributed by atoms with van der Waals surface area (Å²) in [4.78, 5) is 11.3. The second-order valence-electron chi connectivity index (χ2n) is 5.06. The first-order valence-electron chi connectivity index (χ1n) is 6.43. The molecule has 0 bridgehead atoms. The molecular formula is C15H16O4S2. The number of carboxylic acids is 1. The fraction of sp³-hybridized carbons (Fsp3) is 0.267. The zero-order chi connectivity index (χ0) is 15.6. The Morgan fingerprint density at radius 3 is 2.33 bits per heavy atom. The molecule has 0 unspecified atom stereocenters. The third-order valence-corrected chi connectivity index (χ3v) is 5.82. The molecule has 0 saturated carbocycles. The molecule has 0 saturated heterocycles. The number of benzene rings is 1. The molecule has 0 aliphatic carbocycles. The maximum Gasteiger partial charge on any atom is 0.346 e. The highest BCUT2D eigenvalue weighted by Crippen LogP contribution is 2.24. The van der Waals surface area contributed by atoms with E-state index in [4.69, 9.17) is 5.11 Å². The summed E-state index contributed by atoms with van der Waals surface area (Å²) < 4.78 is 24.7. The average molecular weight is 324 g/mol. The van der Waals surface area contributed by atoms with Crippen LogP contribution in [0.4, 0.5) is 0 Å². The van der Waals surface area contributed by atoms with Crippen molar-refractivity contribution < 1.29 is 18.3 Å². The predicted molar refractivity (Wildman–Crippen MR) is 82.7 cm³/mol. The van der Waals surface area contributed by atoms with Crippen molar-refractivity contribution in [2.45, 2.75) is 30.4 Å². The molecule has 0 amide bonds. The van der Waals surface area contributed by atoms with E-state index < -0.39 is 15.8 Å². The van der Waals surface area contributed by atoms with Crippen LogP contribution in [-0.2, 0) is 15.6 Å². The molecule has 0 atom stereocenters. The third-order valence-electron chi connectivity index (χ3n) is 3.19. The fourth-order valence-electron chi connectivity index (χ4n) is 1.99. The summed E-state index contributed by atoms with van der Waals surface area (Å²) in [5, 5.41) is 10.6. The van der Waals surface area contributed by atoms with Crippen LogP contribution in [-0.4, -0.2) is 19.5 Å². The highest BCUT2D eigenvalue weighted by atomic mass is 32.2. The number of sulfone groups is 1. The Morgan fingerprint density at radius 2 is 1.81 bits per heavy atom. The Labute approximate surface area is 128 Å². The maximum atomic E-state index is 12.4. The summed E-state index contributed by atoms with van der Waals surface area (Å²) in [6, 6.07) is 8.30. The summed E-state index contributed by atoms with van der Waals surface area (Å²) in [7, 11) is -3.54. The molecule has 0 aliphatic rings. The van der Waals surface area contributed by atoms with Crippen LogP contribution in [0, 0.1) is 0 Å². The highest BCUT2D eigenvalue weighted by Gasteiger charge is 2.20. The molecule has 0 fully saturated rings. The topological polar surface area (TPSA) is 71.4 Å². The van der Waals surface area contributed by atoms with Gasteiger partial charge in [-0.2, -0.15) is 0 Å². The van der Waals surface area contributed by atoms with Crippen LogP contribution in [0.25, 0.3) is 0 Å². The van der Waals surface area contributed by atoms with Crippen molar-refractivity contribution in [3.63, 3.8) is 0 Å². The lowest BCUT2D eigenvalue weighted by Gasteiger charge is -2.08. The predicted octanol–water partition coefficient (Wildman–Crippen LogP) is 3.54. The lowest BCUT2D eigenvalue weighted by molar-refractivity contribution is 0.0701. The summed E-state index contributed by atoms with van der Waals surface area (Å²) in [6.45, 7) is 4.07. The number of carbonyl (C=O) groups is 1. The summed E-state index contributed by atoms with van der Waals surface area (Å²) in [5.41, 5.74) is 1.40. The Hall–Kier alpha value is -1.66. The first kappa shape index (κ1) is 15.7. The van der Waals surface area contributed by atoms with Crippen molar-refractivity contribution in [3.8, 4) is 0 Å². The molecule has 1 N–H and O–H groups in total. The van der Waals surface area contributed by atoms with Crippen molar-refractivity contribution in [2.24, 2.45) is 0 Å². The van der Waals surface area contributed by atoms with Gasteiger partial charge in [0, 0.05) is 0 Å². The molecule has 1 aromatic heterocycles. The van der Waals surface area contributed by atoms with Gasteiger partial charge in [-0.05, 0) is 40.6 Å². The summed E-state index contributed by atoms with van der Waals surface area (Å²) in [5.74, 6) is -1.05. The van der Waals surface area contributed by atoms with Gasteiger partial charge in [-0.15, -0.1) is 11.3 Å². The number of hydrogen-bond acceptors (Lipinski definition) is 4. The van der Waals surface area contributed by atoms with Crippen molar-refractivity contribution in [2.75, 3.05) is 0 Å². The van der Waals surface area contributed by atoms with Crippen molar-refractivity contribution in [1.29, 1.82) is 0 Å². The molecule has 1 heterocycles. The lowest BCUT2D eigenvalue weighted by atomic mass is 10.0. The van der Waals surface area contributed by atoms with Crippen LogP contribution in [0.3, 0.4) is 0 Å². The van der Waals surface area contributed by atoms with E-state index in [9.17, 15) is 13.2 Å². The van der Waals surface area contributed by atoms with Gasteiger partial charge in [0.05, 0.1) is 10.6 Å². The molecule has 1 aromatic carbocycles. The second kappa shape index (κ2) is 5.99. The van der Waals surface area contributed by atoms with Gasteiger partial charge in [0.1, 0.15) is 4.88 Å². The minimum atomic E-state index is -3.54. The van der Waals surface area contributed by atoms with E-state index in [1.807, 2.05) is 13.8 Å². The van der Waals surface area contributed by atoms with Crippen LogP contribution in [0.5, 0.6) is 0 Å². The molecule has 2 aromatic rings. The van der Waals surface area contributed by atoms with Crippen LogP contribution in [0.1, 0.15) is 40.6 Å². The Kier molecular flexibility index (Phi) is 4.49. The van der Waals surface area contributed by atoms with E-state index in [0.717, 1.165) is 16.9 Å². The van der Waals surface area contributed by atoms with E-state index >= 15 is 0 Å². The van der Waals surface area contributed by atoms with Gasteiger partial charge in [0.2, 0.25) is 0 Å². The maximum absolute atomic E-state index is 12.4. The Bertz CT molecular complexity index is 740. The van der Waals surface area contributed by atoms with Crippen molar-refractivity contribution in [1.82, 2.24) is 0 Å². The van der Waals surface area contributed by atoms with Crippen LogP contribution < -0.4 is 0 Å². The minimum absolute atomic E-state index is 0.0809. The third kappa shape index (κ3) is 3.51. The van der Waals surface area contributed by atoms with E-state index in [0.29, 0.717) is 11.5 Å². The monoisotopic (exact) mass is 324 g/mol. The first-order chi connectivity index (χ1) is 9.81. The zero-order valence-corrected chi connectivity index (χ0v) is 13.4. The van der Waals surface area contributed by atoms with Gasteiger partial charge >= 0.3 is 5.97 Å². The van der Waals surface area contributed by atoms with Gasteiger partial charge in [0.25, 0.3) is 0 Å². The molecule has 0 aliphatic heterocycles. The fourth-order valence-corrected chi connectivity index (χ4v) is 4.20. The number of thiophene rings is 1. The molecule has 4 nitrogen and oxygen atoms in total. The van der Waals surface area contributed by atoms with Gasteiger partial charge in [0.15, 0.2) is 9.84 Å². The first-order valence-corrected chi connectivity index (χ1v) is 8.97. The average Bonchev–Trinajstić information content (AvgIpc) is 2.86. The number of hydrogen-bond donors (Lipinski definition) is 1. The minimum Gasteiger partial charge on any atom is -0.477 e. The Balaban J connectivity index is 2.30. The Morgan fingerprint density at radius 1 is 1.19 bits per heavy atom. The standard InChI is InChI=1S/C15H16O4S2/c1-10(2)11-3-5-13(6-4-11)21(18,19)9-12-7-8-20-14(12)15(16)17/h3-8,10H,9H2,1-2H3,(H,16,17). The molecule has 2 rings (SSSR count). The normalized spacial score (nSPS) is 11.8. The van der Waals surface area contributed by atoms with Gasteiger partial charge < -0.3 is 5.11 Å². The van der Waals surface area contributed by atoms with Gasteiger partial charge in [-0.1, -0.05) is 26.0 Å². The van der Waals surface area contributed by atoms with Gasteiger partial charge in [-0.3, -0.25) is 0 Å². The highest BCUT2D eigenvalue weighted by molar-refractivity contribution is 7.90. The van der Waals surface area contributed by atoms with E-state index in [1.54, 1.807) is 35.7 Å². The van der Waals surface area contributed by atoms with Crippen LogP contribution >= 0.6 is 11.3 Å². The largest absolute Gasteiger partial charge is 0.477 e. The number of rotatable bonds is 5. The van der Waals surface area contributed by atoms with Crippen molar-refractivity contribution >= 4 is 27.1 Å². The van der Waals surface area contributed by atoms with Crippen LogP contribution in [0.15, 0.2) is 40.6 Å². The van der Waals surface area contributed by atoms with E-state index in [-0.39, 0.29) is 15.5 Å². The molecule has 6 heteroatoms. The van der Waals surface area contributed by atoms with Gasteiger partial charge in [-0.25, -0.2) is 13.2 Å². The number of aromatic carboxylic acids is 1. The number of carboxylic acid groups (broad SMARTS) is 1. The summed E-state index contributed by atoms with van der Waals surface area (Å²) in [6.07, 6.45) is 0. The van der Waals surface area contributed by atoms with E-state index in [1.165, 1.54) is 0 Å². The van der Waals surface area contributed by atoms with E-state index in [2.05, 4.69) is 0 Å². The summed E-state index contributed by atoms with van der Waals surface area (Å²) >= 11 is 1.04. The SMILES string of the molecule is CC(C)c1ccc(S(=O)(=O)Cc2ccsc2C(=O)O)cc1. The van der Waals surface area contributed by atoms with Crippen molar-refractivity contribution in [3.05, 3.63) is 51.7 Å². The zero-order valence-electron chi connectivity index (χ0n) is 11.7. The smallest absolute Gasteiger partial charge is 0.346 e. The molecule has 0 spiro atoms. The molecular weight excluding hydrogens is 308 g/mol. The molecule has 112 valence electrons. The lowest BCUT2D eigenvalue weighted by Crippen LogP contribution is -2.07. The van der Waals surface area contributed by atoms with Crippen LogP contribution in [0.2, 0.25) is 0 Å².